The molecule has 2 aromatic heterocycles. The van der Waals surface area contributed by atoms with Gasteiger partial charge in [0.1, 0.15) is 4.88 Å². The first-order valence-corrected chi connectivity index (χ1v) is 9.76. The molecule has 3 rings (SSSR count). The first-order valence-electron chi connectivity index (χ1n) is 8.07. The molecule has 0 unspecified atom stereocenters. The summed E-state index contributed by atoms with van der Waals surface area (Å²) in [6.45, 7) is 7.01. The van der Waals surface area contributed by atoms with Gasteiger partial charge in [-0.2, -0.15) is 0 Å². The van der Waals surface area contributed by atoms with Crippen LogP contribution in [0.4, 0.5) is 5.13 Å². The van der Waals surface area contributed by atoms with Gasteiger partial charge in [0.25, 0.3) is 5.91 Å². The van der Waals surface area contributed by atoms with Crippen LogP contribution < -0.4 is 10.2 Å². The Hall–Kier alpha value is -1.47. The molecule has 1 aliphatic rings. The number of rotatable bonds is 6. The molecule has 1 fully saturated rings. The van der Waals surface area contributed by atoms with Crippen LogP contribution in [0.25, 0.3) is 0 Å². The fraction of sp³-hybridized carbons (Fsp3) is 0.562. The maximum atomic E-state index is 12.1. The van der Waals surface area contributed by atoms with Crippen LogP contribution in [0.3, 0.4) is 0 Å². The van der Waals surface area contributed by atoms with E-state index < -0.39 is 0 Å². The van der Waals surface area contributed by atoms with Crippen LogP contribution in [-0.4, -0.2) is 35.5 Å². The molecule has 0 aromatic carbocycles. The normalized spacial score (nSPS) is 14.7. The van der Waals surface area contributed by atoms with Gasteiger partial charge in [0.05, 0.1) is 16.9 Å². The zero-order valence-electron chi connectivity index (χ0n) is 13.5. The Balaban J connectivity index is 1.47. The molecular weight excluding hydrogens is 328 g/mol. The van der Waals surface area contributed by atoms with Crippen molar-refractivity contribution in [1.82, 2.24) is 15.3 Å². The van der Waals surface area contributed by atoms with Crippen LogP contribution in [0, 0.1) is 0 Å². The minimum atomic E-state index is -0.0376. The van der Waals surface area contributed by atoms with E-state index in [1.165, 1.54) is 24.2 Å². The third kappa shape index (κ3) is 4.09. The summed E-state index contributed by atoms with van der Waals surface area (Å²) in [5, 5.41) is 7.18. The zero-order valence-corrected chi connectivity index (χ0v) is 15.2. The summed E-state index contributed by atoms with van der Waals surface area (Å²) in [6, 6.07) is 0. The van der Waals surface area contributed by atoms with E-state index >= 15 is 0 Å². The summed E-state index contributed by atoms with van der Waals surface area (Å²) in [6.07, 6.45) is 4.96. The van der Waals surface area contributed by atoms with E-state index in [1.54, 1.807) is 17.5 Å². The lowest BCUT2D eigenvalue weighted by atomic mass is 10.2. The summed E-state index contributed by atoms with van der Waals surface area (Å²) in [4.78, 5) is 24.1. The number of amides is 1. The molecule has 23 heavy (non-hydrogen) atoms. The van der Waals surface area contributed by atoms with Gasteiger partial charge in [-0.1, -0.05) is 13.8 Å². The van der Waals surface area contributed by atoms with Gasteiger partial charge in [-0.25, -0.2) is 9.97 Å². The first-order chi connectivity index (χ1) is 11.1. The molecule has 0 atom stereocenters. The SMILES string of the molecule is CC(C)c1ncc(C(=O)NCCc2csc(N3CCCC3)n2)s1. The van der Waals surface area contributed by atoms with E-state index in [2.05, 4.69) is 39.4 Å². The Labute approximate surface area is 144 Å². The van der Waals surface area contributed by atoms with Crippen molar-refractivity contribution in [3.05, 3.63) is 27.2 Å². The molecule has 5 nitrogen and oxygen atoms in total. The molecule has 124 valence electrons. The van der Waals surface area contributed by atoms with Crippen LogP contribution >= 0.6 is 22.7 Å². The lowest BCUT2D eigenvalue weighted by Gasteiger charge is -2.12. The molecular formula is C16H22N4OS2. The van der Waals surface area contributed by atoms with Crippen molar-refractivity contribution in [1.29, 1.82) is 0 Å². The van der Waals surface area contributed by atoms with Crippen LogP contribution in [0.1, 0.15) is 53.0 Å². The van der Waals surface area contributed by atoms with Gasteiger partial charge in [-0.15, -0.1) is 22.7 Å². The smallest absolute Gasteiger partial charge is 0.263 e. The van der Waals surface area contributed by atoms with E-state index in [9.17, 15) is 4.79 Å². The van der Waals surface area contributed by atoms with E-state index in [-0.39, 0.29) is 5.91 Å². The van der Waals surface area contributed by atoms with Gasteiger partial charge < -0.3 is 10.2 Å². The predicted octanol–water partition coefficient (Wildman–Crippen LogP) is 3.30. The number of carbonyl (C=O) groups is 1. The van der Waals surface area contributed by atoms with E-state index in [1.807, 2.05) is 0 Å². The van der Waals surface area contributed by atoms with Crippen molar-refractivity contribution < 1.29 is 4.79 Å². The molecule has 0 bridgehead atoms. The highest BCUT2D eigenvalue weighted by atomic mass is 32.1. The standard InChI is InChI=1S/C16H22N4OS2/c1-11(2)15-18-9-13(23-15)14(21)17-6-5-12-10-22-16(19-12)20-7-3-4-8-20/h9-11H,3-8H2,1-2H3,(H,17,21). The van der Waals surface area contributed by atoms with Crippen LogP contribution in [0.5, 0.6) is 0 Å². The minimum Gasteiger partial charge on any atom is -0.351 e. The van der Waals surface area contributed by atoms with Gasteiger partial charge >= 0.3 is 0 Å². The molecule has 1 amide bonds. The van der Waals surface area contributed by atoms with Crippen molar-refractivity contribution in [2.45, 2.75) is 39.0 Å². The Kier molecular flexibility index (Phi) is 5.27. The summed E-state index contributed by atoms with van der Waals surface area (Å²) in [5.41, 5.74) is 1.06. The highest BCUT2D eigenvalue weighted by Gasteiger charge is 2.16. The van der Waals surface area contributed by atoms with Crippen molar-refractivity contribution >= 4 is 33.7 Å². The number of aromatic nitrogens is 2. The van der Waals surface area contributed by atoms with Gasteiger partial charge in [0.15, 0.2) is 5.13 Å². The maximum Gasteiger partial charge on any atom is 0.263 e. The lowest BCUT2D eigenvalue weighted by molar-refractivity contribution is 0.0958. The summed E-state index contributed by atoms with van der Waals surface area (Å²) in [7, 11) is 0. The van der Waals surface area contributed by atoms with Gasteiger partial charge in [-0.05, 0) is 12.8 Å². The molecule has 0 saturated carbocycles. The molecule has 0 aliphatic carbocycles. The second-order valence-corrected chi connectivity index (χ2v) is 7.94. The number of carbonyl (C=O) groups excluding carboxylic acids is 1. The van der Waals surface area contributed by atoms with Gasteiger partial charge in [0.2, 0.25) is 0 Å². The van der Waals surface area contributed by atoms with Crippen molar-refractivity contribution in [2.75, 3.05) is 24.5 Å². The summed E-state index contributed by atoms with van der Waals surface area (Å²) >= 11 is 3.18. The average Bonchev–Trinajstić information content (AvgIpc) is 3.27. The van der Waals surface area contributed by atoms with E-state index in [0.29, 0.717) is 17.3 Å². The first kappa shape index (κ1) is 16.4. The highest BCUT2D eigenvalue weighted by Crippen LogP contribution is 2.24. The minimum absolute atomic E-state index is 0.0376. The van der Waals surface area contributed by atoms with E-state index in [4.69, 9.17) is 0 Å². The second-order valence-electron chi connectivity index (χ2n) is 6.04. The molecule has 1 aliphatic heterocycles. The number of nitrogens with zero attached hydrogens (tertiary/aromatic N) is 3. The number of hydrogen-bond acceptors (Lipinski definition) is 6. The van der Waals surface area contributed by atoms with Crippen LogP contribution in [0.2, 0.25) is 0 Å². The van der Waals surface area contributed by atoms with Crippen molar-refractivity contribution in [3.8, 4) is 0 Å². The Morgan fingerprint density at radius 3 is 2.87 bits per heavy atom. The van der Waals surface area contributed by atoms with Gasteiger partial charge in [0, 0.05) is 37.4 Å². The highest BCUT2D eigenvalue weighted by molar-refractivity contribution is 7.14. The Morgan fingerprint density at radius 1 is 1.39 bits per heavy atom. The predicted molar refractivity (Wildman–Crippen MR) is 95.8 cm³/mol. The molecule has 0 radical (unpaired) electrons. The number of hydrogen-bond donors (Lipinski definition) is 1. The Morgan fingerprint density at radius 2 is 2.17 bits per heavy atom. The van der Waals surface area contributed by atoms with Gasteiger partial charge in [-0.3, -0.25) is 4.79 Å². The third-order valence-corrected chi connectivity index (χ3v) is 6.07. The maximum absolute atomic E-state index is 12.1. The molecule has 0 spiro atoms. The molecule has 1 N–H and O–H groups in total. The number of thiazole rings is 2. The van der Waals surface area contributed by atoms with Crippen molar-refractivity contribution in [3.63, 3.8) is 0 Å². The fourth-order valence-electron chi connectivity index (χ4n) is 2.52. The molecule has 1 saturated heterocycles. The van der Waals surface area contributed by atoms with Crippen LogP contribution in [-0.2, 0) is 6.42 Å². The Bertz CT molecular complexity index is 659. The molecule has 2 aromatic rings. The van der Waals surface area contributed by atoms with E-state index in [0.717, 1.165) is 35.3 Å². The topological polar surface area (TPSA) is 58.1 Å². The number of anilines is 1. The second kappa shape index (κ2) is 7.40. The molecule has 3 heterocycles. The average molecular weight is 351 g/mol. The van der Waals surface area contributed by atoms with Crippen LogP contribution in [0.15, 0.2) is 11.6 Å². The largest absolute Gasteiger partial charge is 0.351 e. The monoisotopic (exact) mass is 350 g/mol. The summed E-state index contributed by atoms with van der Waals surface area (Å²) in [5.74, 6) is 0.324. The lowest BCUT2D eigenvalue weighted by Crippen LogP contribution is -2.25. The quantitative estimate of drug-likeness (QED) is 0.868. The van der Waals surface area contributed by atoms with Crippen molar-refractivity contribution in [2.24, 2.45) is 0 Å². The third-order valence-electron chi connectivity index (χ3n) is 3.82. The summed E-state index contributed by atoms with van der Waals surface area (Å²) < 4.78 is 0. The fourth-order valence-corrected chi connectivity index (χ4v) is 4.27. The molecule has 7 heteroatoms. The zero-order chi connectivity index (χ0) is 16.2. The number of nitrogens with one attached hydrogen (secondary N) is 1.